The molecule has 4 heteroatoms. The molecule has 0 spiro atoms. The molecule has 0 radical (unpaired) electrons. The van der Waals surface area contributed by atoms with Crippen molar-refractivity contribution in [3.05, 3.63) is 40.4 Å². The first-order valence-electron chi connectivity index (χ1n) is 7.51. The molecule has 0 atom stereocenters. The van der Waals surface area contributed by atoms with Crippen LogP contribution in [0, 0.1) is 0 Å². The van der Waals surface area contributed by atoms with Crippen LogP contribution < -0.4 is 5.32 Å². The quantitative estimate of drug-likeness (QED) is 0.642. The molecule has 1 saturated carbocycles. The lowest BCUT2D eigenvalue weighted by Crippen LogP contribution is -2.42. The molecule has 0 aliphatic heterocycles. The molecule has 2 rings (SSSR count). The highest BCUT2D eigenvalue weighted by atomic mass is 79.9. The zero-order valence-electron chi connectivity index (χ0n) is 12.1. The van der Waals surface area contributed by atoms with E-state index < -0.39 is 5.60 Å². The van der Waals surface area contributed by atoms with Crippen LogP contribution in [0.3, 0.4) is 0 Å². The van der Waals surface area contributed by atoms with Crippen molar-refractivity contribution in [2.75, 3.05) is 6.54 Å². The molecule has 1 aliphatic carbocycles. The van der Waals surface area contributed by atoms with Crippen molar-refractivity contribution in [2.45, 2.75) is 44.1 Å². The zero-order chi connectivity index (χ0) is 15.1. The number of rotatable bonds is 4. The summed E-state index contributed by atoms with van der Waals surface area (Å²) in [6, 6.07) is 7.75. The Balaban J connectivity index is 1.82. The van der Waals surface area contributed by atoms with Crippen molar-refractivity contribution >= 4 is 27.9 Å². The second-order valence-electron chi connectivity index (χ2n) is 5.74. The van der Waals surface area contributed by atoms with Gasteiger partial charge in [0.15, 0.2) is 0 Å². The third-order valence-electron chi connectivity index (χ3n) is 3.92. The van der Waals surface area contributed by atoms with Crippen LogP contribution in [0.1, 0.15) is 44.1 Å². The van der Waals surface area contributed by atoms with Gasteiger partial charge in [-0.1, -0.05) is 53.7 Å². The summed E-state index contributed by atoms with van der Waals surface area (Å²) in [6.07, 6.45) is 9.30. The van der Waals surface area contributed by atoms with Gasteiger partial charge in [-0.15, -0.1) is 0 Å². The number of carbonyl (C=O) groups is 1. The van der Waals surface area contributed by atoms with Gasteiger partial charge in [-0.05, 0) is 36.6 Å². The third kappa shape index (κ3) is 5.64. The highest BCUT2D eigenvalue weighted by Crippen LogP contribution is 2.26. The van der Waals surface area contributed by atoms with E-state index in [9.17, 15) is 9.90 Å². The molecule has 0 aromatic heterocycles. The van der Waals surface area contributed by atoms with Gasteiger partial charge in [0, 0.05) is 17.1 Å². The molecule has 114 valence electrons. The molecule has 0 saturated heterocycles. The van der Waals surface area contributed by atoms with Gasteiger partial charge in [-0.3, -0.25) is 4.79 Å². The van der Waals surface area contributed by atoms with Gasteiger partial charge in [0.2, 0.25) is 5.91 Å². The molecule has 1 aliphatic rings. The summed E-state index contributed by atoms with van der Waals surface area (Å²) in [5.74, 6) is -0.157. The lowest BCUT2D eigenvalue weighted by molar-refractivity contribution is -0.117. The van der Waals surface area contributed by atoms with Crippen molar-refractivity contribution in [3.8, 4) is 0 Å². The molecule has 1 aromatic carbocycles. The fourth-order valence-corrected chi connectivity index (χ4v) is 2.88. The third-order valence-corrected chi connectivity index (χ3v) is 4.45. The van der Waals surface area contributed by atoms with Gasteiger partial charge in [-0.2, -0.15) is 0 Å². The molecule has 0 unspecified atom stereocenters. The zero-order valence-corrected chi connectivity index (χ0v) is 13.7. The lowest BCUT2D eigenvalue weighted by Gasteiger charge is -2.26. The first-order valence-corrected chi connectivity index (χ1v) is 8.31. The van der Waals surface area contributed by atoms with Crippen molar-refractivity contribution in [1.29, 1.82) is 0 Å². The smallest absolute Gasteiger partial charge is 0.244 e. The van der Waals surface area contributed by atoms with Crippen LogP contribution in [-0.4, -0.2) is 23.2 Å². The van der Waals surface area contributed by atoms with Crippen LogP contribution in [0.5, 0.6) is 0 Å². The molecule has 3 nitrogen and oxygen atoms in total. The van der Waals surface area contributed by atoms with Crippen molar-refractivity contribution in [2.24, 2.45) is 0 Å². The highest BCUT2D eigenvalue weighted by Gasteiger charge is 2.27. The molecular weight excluding hydrogens is 330 g/mol. The van der Waals surface area contributed by atoms with E-state index in [-0.39, 0.29) is 5.91 Å². The van der Waals surface area contributed by atoms with E-state index >= 15 is 0 Å². The Kier molecular flexibility index (Phi) is 6.00. The normalized spacial score (nSPS) is 18.4. The van der Waals surface area contributed by atoms with Gasteiger partial charge in [-0.25, -0.2) is 0 Å². The molecule has 2 N–H and O–H groups in total. The second kappa shape index (κ2) is 7.76. The first-order chi connectivity index (χ1) is 10.1. The summed E-state index contributed by atoms with van der Waals surface area (Å²) in [7, 11) is 0. The number of hydrogen-bond acceptors (Lipinski definition) is 2. The fraction of sp³-hybridized carbons (Fsp3) is 0.471. The number of hydrogen-bond donors (Lipinski definition) is 2. The Morgan fingerprint density at radius 3 is 2.43 bits per heavy atom. The summed E-state index contributed by atoms with van der Waals surface area (Å²) in [5.41, 5.74) is 0.249. The maximum Gasteiger partial charge on any atom is 0.244 e. The Hall–Kier alpha value is -1.13. The van der Waals surface area contributed by atoms with E-state index in [4.69, 9.17) is 0 Å². The van der Waals surface area contributed by atoms with Gasteiger partial charge < -0.3 is 10.4 Å². The van der Waals surface area contributed by atoms with E-state index in [1.54, 1.807) is 6.08 Å². The van der Waals surface area contributed by atoms with Crippen LogP contribution in [0.15, 0.2) is 34.8 Å². The summed E-state index contributed by atoms with van der Waals surface area (Å²) >= 11 is 3.38. The van der Waals surface area contributed by atoms with Crippen molar-refractivity contribution < 1.29 is 9.90 Å². The maximum atomic E-state index is 11.8. The topological polar surface area (TPSA) is 49.3 Å². The first kappa shape index (κ1) is 16.2. The van der Waals surface area contributed by atoms with Crippen molar-refractivity contribution in [3.63, 3.8) is 0 Å². The van der Waals surface area contributed by atoms with E-state index in [1.807, 2.05) is 24.3 Å². The summed E-state index contributed by atoms with van der Waals surface area (Å²) < 4.78 is 1.01. The van der Waals surface area contributed by atoms with Crippen LogP contribution >= 0.6 is 15.9 Å². The van der Waals surface area contributed by atoms with Gasteiger partial charge in [0.25, 0.3) is 0 Å². The minimum Gasteiger partial charge on any atom is -0.388 e. The SMILES string of the molecule is O=C(C=Cc1ccc(Br)cc1)NCC1(O)CCCCCC1. The molecule has 0 heterocycles. The number of halogens is 1. The number of amides is 1. The minimum absolute atomic E-state index is 0.157. The van der Waals surface area contributed by atoms with E-state index in [2.05, 4.69) is 21.2 Å². The van der Waals surface area contributed by atoms with Gasteiger partial charge in [0.05, 0.1) is 5.60 Å². The molecule has 21 heavy (non-hydrogen) atoms. The van der Waals surface area contributed by atoms with Crippen LogP contribution in [0.2, 0.25) is 0 Å². The number of nitrogens with one attached hydrogen (secondary N) is 1. The monoisotopic (exact) mass is 351 g/mol. The standard InChI is InChI=1S/C17H22BrNO2/c18-15-8-5-14(6-9-15)7-10-16(20)19-13-17(21)11-3-1-2-4-12-17/h5-10,21H,1-4,11-13H2,(H,19,20). The average molecular weight is 352 g/mol. The second-order valence-corrected chi connectivity index (χ2v) is 6.66. The summed E-state index contributed by atoms with van der Waals surface area (Å²) in [4.78, 5) is 11.8. The predicted molar refractivity (Wildman–Crippen MR) is 88.8 cm³/mol. The molecule has 1 amide bonds. The van der Waals surface area contributed by atoms with Crippen LogP contribution in [0.4, 0.5) is 0 Å². The van der Waals surface area contributed by atoms with E-state index in [1.165, 1.54) is 18.9 Å². The molecule has 1 aromatic rings. The van der Waals surface area contributed by atoms with Gasteiger partial charge >= 0.3 is 0 Å². The van der Waals surface area contributed by atoms with Crippen molar-refractivity contribution in [1.82, 2.24) is 5.32 Å². The molecular formula is C17H22BrNO2. The minimum atomic E-state index is -0.725. The number of benzene rings is 1. The predicted octanol–water partition coefficient (Wildman–Crippen LogP) is 3.66. The summed E-state index contributed by atoms with van der Waals surface area (Å²) in [5, 5.41) is 13.3. The largest absolute Gasteiger partial charge is 0.388 e. The van der Waals surface area contributed by atoms with E-state index in [0.717, 1.165) is 35.7 Å². The van der Waals surface area contributed by atoms with Crippen LogP contribution in [-0.2, 0) is 4.79 Å². The number of aliphatic hydroxyl groups is 1. The number of carbonyl (C=O) groups excluding carboxylic acids is 1. The Morgan fingerprint density at radius 1 is 1.19 bits per heavy atom. The summed E-state index contributed by atoms with van der Waals surface area (Å²) in [6.45, 7) is 0.344. The van der Waals surface area contributed by atoms with Gasteiger partial charge in [0.1, 0.15) is 0 Å². The Bertz CT molecular complexity index is 488. The van der Waals surface area contributed by atoms with Crippen LogP contribution in [0.25, 0.3) is 6.08 Å². The lowest BCUT2D eigenvalue weighted by atomic mass is 9.94. The highest BCUT2D eigenvalue weighted by molar-refractivity contribution is 9.10. The van der Waals surface area contributed by atoms with E-state index in [0.29, 0.717) is 6.54 Å². The molecule has 0 bridgehead atoms. The Labute approximate surface area is 134 Å². The molecule has 1 fully saturated rings. The average Bonchev–Trinajstić information content (AvgIpc) is 2.70. The Morgan fingerprint density at radius 2 is 1.81 bits per heavy atom. The maximum absolute atomic E-state index is 11.8. The fourth-order valence-electron chi connectivity index (χ4n) is 2.62.